The summed E-state index contributed by atoms with van der Waals surface area (Å²) in [6.45, 7) is 1.95. The zero-order valence-electron chi connectivity index (χ0n) is 9.18. The molecule has 0 bridgehead atoms. The van der Waals surface area contributed by atoms with Crippen molar-refractivity contribution in [3.8, 4) is 0 Å². The molecule has 1 N–H and O–H groups in total. The van der Waals surface area contributed by atoms with Crippen LogP contribution >= 0.6 is 0 Å². The fourth-order valence-electron chi connectivity index (χ4n) is 1.66. The minimum atomic E-state index is -0.687. The Labute approximate surface area is 92.2 Å². The van der Waals surface area contributed by atoms with Gasteiger partial charge in [-0.05, 0) is 38.1 Å². The molecule has 0 unspecified atom stereocenters. The van der Waals surface area contributed by atoms with Crippen LogP contribution in [0.25, 0.3) is 11.0 Å². The first-order chi connectivity index (χ1) is 7.60. The van der Waals surface area contributed by atoms with Crippen LogP contribution in [0.4, 0.5) is 8.78 Å². The van der Waals surface area contributed by atoms with Gasteiger partial charge in [0.05, 0.1) is 0 Å². The van der Waals surface area contributed by atoms with Gasteiger partial charge in [0.2, 0.25) is 0 Å². The van der Waals surface area contributed by atoms with Crippen molar-refractivity contribution in [1.82, 2.24) is 5.32 Å². The molecule has 0 aliphatic rings. The lowest BCUT2D eigenvalue weighted by Gasteiger charge is -2.10. The highest BCUT2D eigenvalue weighted by molar-refractivity contribution is 5.78. The third-order valence-electron chi connectivity index (χ3n) is 2.67. The van der Waals surface area contributed by atoms with Crippen LogP contribution in [0.1, 0.15) is 12.5 Å². The maximum Gasteiger partial charge on any atom is 0.278 e. The van der Waals surface area contributed by atoms with Crippen molar-refractivity contribution in [3.05, 3.63) is 35.6 Å². The van der Waals surface area contributed by atoms with Gasteiger partial charge in [0, 0.05) is 17.5 Å². The first-order valence-corrected chi connectivity index (χ1v) is 5.15. The Morgan fingerprint density at radius 2 is 2.06 bits per heavy atom. The molecule has 0 radical (unpaired) electrons. The highest BCUT2D eigenvalue weighted by Gasteiger charge is 2.11. The number of fused-ring (bicyclic) bond motifs is 1. The van der Waals surface area contributed by atoms with Gasteiger partial charge in [0.25, 0.3) is 6.01 Å². The van der Waals surface area contributed by atoms with E-state index in [1.54, 1.807) is 6.07 Å². The maximum absolute atomic E-state index is 13.6. The number of furan rings is 1. The van der Waals surface area contributed by atoms with Gasteiger partial charge < -0.3 is 9.73 Å². The molecular weight excluding hydrogens is 212 g/mol. The van der Waals surface area contributed by atoms with Crippen molar-refractivity contribution < 1.29 is 13.2 Å². The van der Waals surface area contributed by atoms with E-state index < -0.39 is 6.01 Å². The van der Waals surface area contributed by atoms with Gasteiger partial charge in [-0.3, -0.25) is 0 Å². The molecule has 1 aromatic heterocycles. The third kappa shape index (κ3) is 2.07. The maximum atomic E-state index is 13.6. The van der Waals surface area contributed by atoms with Gasteiger partial charge in [-0.2, -0.15) is 4.39 Å². The molecule has 1 heterocycles. The Morgan fingerprint density at radius 1 is 1.31 bits per heavy atom. The lowest BCUT2D eigenvalue weighted by atomic mass is 10.1. The third-order valence-corrected chi connectivity index (χ3v) is 2.67. The summed E-state index contributed by atoms with van der Waals surface area (Å²) in [6.07, 6.45) is 0.542. The summed E-state index contributed by atoms with van der Waals surface area (Å²) in [6, 6.07) is 3.52. The molecule has 0 spiro atoms. The van der Waals surface area contributed by atoms with E-state index in [0.717, 1.165) is 0 Å². The second kappa shape index (κ2) is 4.22. The van der Waals surface area contributed by atoms with E-state index in [2.05, 4.69) is 5.32 Å². The van der Waals surface area contributed by atoms with Crippen LogP contribution in [-0.4, -0.2) is 13.1 Å². The Bertz CT molecular complexity index is 507. The molecule has 0 aliphatic carbocycles. The molecule has 0 amide bonds. The molecule has 86 valence electrons. The van der Waals surface area contributed by atoms with E-state index in [-0.39, 0.29) is 11.9 Å². The summed E-state index contributed by atoms with van der Waals surface area (Å²) < 4.78 is 31.3. The van der Waals surface area contributed by atoms with Crippen molar-refractivity contribution in [2.45, 2.75) is 19.4 Å². The number of rotatable bonds is 3. The van der Waals surface area contributed by atoms with Crippen molar-refractivity contribution in [3.63, 3.8) is 0 Å². The van der Waals surface area contributed by atoms with E-state index in [1.165, 1.54) is 12.1 Å². The Hall–Kier alpha value is -1.42. The minimum absolute atomic E-state index is 0.159. The van der Waals surface area contributed by atoms with E-state index in [9.17, 15) is 8.78 Å². The number of hydrogen-bond donors (Lipinski definition) is 1. The van der Waals surface area contributed by atoms with Gasteiger partial charge in [-0.25, -0.2) is 4.39 Å². The second-order valence-electron chi connectivity index (χ2n) is 3.93. The molecule has 4 heteroatoms. The largest absolute Gasteiger partial charge is 0.431 e. The standard InChI is InChI=1S/C12H13F2NO/c1-7(15-2)3-8-5-11-9(4-10(8)13)6-12(14)16-11/h4-7,15H,3H2,1-2H3/t7-/m1/s1. The first-order valence-electron chi connectivity index (χ1n) is 5.15. The number of nitrogens with one attached hydrogen (secondary N) is 1. The highest BCUT2D eigenvalue weighted by atomic mass is 19.1. The van der Waals surface area contributed by atoms with E-state index in [0.29, 0.717) is 23.0 Å². The second-order valence-corrected chi connectivity index (χ2v) is 3.93. The average molecular weight is 225 g/mol. The predicted molar refractivity (Wildman–Crippen MR) is 58.4 cm³/mol. The zero-order chi connectivity index (χ0) is 11.7. The van der Waals surface area contributed by atoms with Crippen LogP contribution in [0.3, 0.4) is 0 Å². The normalized spacial score (nSPS) is 13.2. The van der Waals surface area contributed by atoms with Crippen molar-refractivity contribution >= 4 is 11.0 Å². The Morgan fingerprint density at radius 3 is 2.75 bits per heavy atom. The average Bonchev–Trinajstić information content (AvgIpc) is 2.58. The van der Waals surface area contributed by atoms with Crippen LogP contribution in [0.5, 0.6) is 0 Å². The van der Waals surface area contributed by atoms with E-state index in [1.807, 2.05) is 14.0 Å². The molecule has 0 aliphatic heterocycles. The van der Waals surface area contributed by atoms with E-state index >= 15 is 0 Å². The highest BCUT2D eigenvalue weighted by Crippen LogP contribution is 2.23. The molecule has 0 saturated heterocycles. The predicted octanol–water partition coefficient (Wildman–Crippen LogP) is 2.86. The molecule has 2 nitrogen and oxygen atoms in total. The number of halogens is 2. The number of likely N-dealkylation sites (N-methyl/N-ethyl adjacent to an activating group) is 1. The van der Waals surface area contributed by atoms with Gasteiger partial charge in [0.15, 0.2) is 0 Å². The van der Waals surface area contributed by atoms with Gasteiger partial charge >= 0.3 is 0 Å². The topological polar surface area (TPSA) is 25.2 Å². The Kier molecular flexibility index (Phi) is 2.92. The molecule has 1 aromatic carbocycles. The van der Waals surface area contributed by atoms with Crippen LogP contribution in [0, 0.1) is 11.8 Å². The molecular formula is C12H13F2NO. The summed E-state index contributed by atoms with van der Waals surface area (Å²) in [5, 5.41) is 3.48. The van der Waals surface area contributed by atoms with Crippen LogP contribution in [0.15, 0.2) is 22.6 Å². The van der Waals surface area contributed by atoms with Gasteiger partial charge in [-0.15, -0.1) is 0 Å². The van der Waals surface area contributed by atoms with Gasteiger partial charge in [-0.1, -0.05) is 0 Å². The van der Waals surface area contributed by atoms with Crippen LogP contribution in [0.2, 0.25) is 0 Å². The number of hydrogen-bond acceptors (Lipinski definition) is 2. The summed E-state index contributed by atoms with van der Waals surface area (Å²) in [5.41, 5.74) is 0.918. The SMILES string of the molecule is CN[C@H](C)Cc1cc2oc(F)cc2cc1F. The molecule has 2 rings (SSSR count). The minimum Gasteiger partial charge on any atom is -0.431 e. The fraction of sp³-hybridized carbons (Fsp3) is 0.333. The summed E-state index contributed by atoms with van der Waals surface area (Å²) in [4.78, 5) is 0. The fourth-order valence-corrected chi connectivity index (χ4v) is 1.66. The number of benzene rings is 1. The molecule has 1 atom stereocenters. The van der Waals surface area contributed by atoms with Crippen molar-refractivity contribution in [2.75, 3.05) is 7.05 Å². The van der Waals surface area contributed by atoms with Gasteiger partial charge in [0.1, 0.15) is 11.4 Å². The quantitative estimate of drug-likeness (QED) is 0.868. The van der Waals surface area contributed by atoms with Crippen LogP contribution in [-0.2, 0) is 6.42 Å². The smallest absolute Gasteiger partial charge is 0.278 e. The van der Waals surface area contributed by atoms with Crippen LogP contribution < -0.4 is 5.32 Å². The summed E-state index contributed by atoms with van der Waals surface area (Å²) in [7, 11) is 1.81. The molecule has 16 heavy (non-hydrogen) atoms. The van der Waals surface area contributed by atoms with Crippen molar-refractivity contribution in [1.29, 1.82) is 0 Å². The monoisotopic (exact) mass is 225 g/mol. The van der Waals surface area contributed by atoms with Crippen molar-refractivity contribution in [2.24, 2.45) is 0 Å². The van der Waals surface area contributed by atoms with E-state index in [4.69, 9.17) is 4.42 Å². The zero-order valence-corrected chi connectivity index (χ0v) is 9.18. The molecule has 0 fully saturated rings. The molecule has 0 saturated carbocycles. The lowest BCUT2D eigenvalue weighted by molar-refractivity contribution is 0.380. The Balaban J connectivity index is 2.41. The lowest BCUT2D eigenvalue weighted by Crippen LogP contribution is -2.23. The summed E-state index contributed by atoms with van der Waals surface area (Å²) in [5.74, 6) is -0.324. The summed E-state index contributed by atoms with van der Waals surface area (Å²) >= 11 is 0. The molecule has 2 aromatic rings. The first kappa shape index (κ1) is 11.1.